The number of benzene rings is 1. The van der Waals surface area contributed by atoms with E-state index < -0.39 is 6.43 Å². The average molecular weight is 240 g/mol. The SMILES string of the molecule is FC(F)c1ccc(CNN2CCCCC2)cc1. The zero-order chi connectivity index (χ0) is 12.1. The summed E-state index contributed by atoms with van der Waals surface area (Å²) in [5, 5.41) is 2.21. The Bertz CT molecular complexity index is 332. The number of rotatable bonds is 4. The first-order chi connectivity index (χ1) is 8.25. The summed E-state index contributed by atoms with van der Waals surface area (Å²) in [6.07, 6.45) is 1.40. The molecule has 1 aromatic carbocycles. The summed E-state index contributed by atoms with van der Waals surface area (Å²) in [5.74, 6) is 0. The molecular formula is C13H18F2N2. The fourth-order valence-corrected chi connectivity index (χ4v) is 2.04. The Morgan fingerprint density at radius 2 is 1.71 bits per heavy atom. The van der Waals surface area contributed by atoms with Crippen molar-refractivity contribution >= 4 is 0 Å². The zero-order valence-electron chi connectivity index (χ0n) is 9.83. The standard InChI is InChI=1S/C13H18F2N2/c14-13(15)12-6-4-11(5-7-12)10-16-17-8-2-1-3-9-17/h4-7,13,16H,1-3,8-10H2. The first-order valence-electron chi connectivity index (χ1n) is 6.11. The minimum Gasteiger partial charge on any atom is -0.251 e. The van der Waals surface area contributed by atoms with Gasteiger partial charge in [-0.15, -0.1) is 0 Å². The van der Waals surface area contributed by atoms with Crippen molar-refractivity contribution in [3.63, 3.8) is 0 Å². The van der Waals surface area contributed by atoms with Crippen LogP contribution in [0.3, 0.4) is 0 Å². The maximum absolute atomic E-state index is 12.4. The summed E-state index contributed by atoms with van der Waals surface area (Å²) >= 11 is 0. The van der Waals surface area contributed by atoms with Crippen LogP contribution in [0.25, 0.3) is 0 Å². The fraction of sp³-hybridized carbons (Fsp3) is 0.538. The highest BCUT2D eigenvalue weighted by molar-refractivity contribution is 5.23. The van der Waals surface area contributed by atoms with Gasteiger partial charge >= 0.3 is 0 Å². The first kappa shape index (κ1) is 12.5. The fourth-order valence-electron chi connectivity index (χ4n) is 2.04. The Kier molecular flexibility index (Phi) is 4.45. The molecule has 1 saturated heterocycles. The average Bonchev–Trinajstić information content (AvgIpc) is 2.38. The smallest absolute Gasteiger partial charge is 0.251 e. The zero-order valence-corrected chi connectivity index (χ0v) is 9.83. The third-order valence-corrected chi connectivity index (χ3v) is 3.09. The van der Waals surface area contributed by atoms with Gasteiger partial charge in [-0.3, -0.25) is 5.43 Å². The van der Waals surface area contributed by atoms with Gasteiger partial charge in [0.2, 0.25) is 0 Å². The lowest BCUT2D eigenvalue weighted by Gasteiger charge is -2.27. The van der Waals surface area contributed by atoms with E-state index >= 15 is 0 Å². The van der Waals surface area contributed by atoms with Crippen molar-refractivity contribution in [3.8, 4) is 0 Å². The lowest BCUT2D eigenvalue weighted by molar-refractivity contribution is 0.149. The van der Waals surface area contributed by atoms with Crippen molar-refractivity contribution in [2.45, 2.75) is 32.2 Å². The van der Waals surface area contributed by atoms with Gasteiger partial charge in [0.05, 0.1) is 0 Å². The van der Waals surface area contributed by atoms with E-state index in [4.69, 9.17) is 0 Å². The van der Waals surface area contributed by atoms with E-state index in [1.165, 1.54) is 31.4 Å². The molecule has 1 aromatic rings. The van der Waals surface area contributed by atoms with Crippen molar-refractivity contribution < 1.29 is 8.78 Å². The van der Waals surface area contributed by atoms with Crippen LogP contribution in [0.1, 0.15) is 36.8 Å². The van der Waals surface area contributed by atoms with Crippen molar-refractivity contribution in [1.29, 1.82) is 0 Å². The van der Waals surface area contributed by atoms with Crippen LogP contribution in [0.4, 0.5) is 8.78 Å². The molecule has 0 unspecified atom stereocenters. The van der Waals surface area contributed by atoms with Crippen LogP contribution in [-0.2, 0) is 6.54 Å². The Hall–Kier alpha value is -1.00. The number of piperidine rings is 1. The van der Waals surface area contributed by atoms with Crippen LogP contribution in [0.5, 0.6) is 0 Å². The molecule has 0 radical (unpaired) electrons. The third kappa shape index (κ3) is 3.75. The molecule has 94 valence electrons. The van der Waals surface area contributed by atoms with Crippen LogP contribution in [0.2, 0.25) is 0 Å². The molecule has 0 aromatic heterocycles. The molecule has 0 aliphatic carbocycles. The quantitative estimate of drug-likeness (QED) is 0.870. The van der Waals surface area contributed by atoms with Crippen LogP contribution in [-0.4, -0.2) is 18.1 Å². The van der Waals surface area contributed by atoms with E-state index in [1.54, 1.807) is 12.1 Å². The van der Waals surface area contributed by atoms with Gasteiger partial charge in [-0.1, -0.05) is 30.7 Å². The van der Waals surface area contributed by atoms with Crippen LogP contribution in [0.15, 0.2) is 24.3 Å². The maximum Gasteiger partial charge on any atom is 0.263 e. The van der Waals surface area contributed by atoms with Crippen molar-refractivity contribution in [2.75, 3.05) is 13.1 Å². The molecule has 0 amide bonds. The molecule has 2 nitrogen and oxygen atoms in total. The molecule has 17 heavy (non-hydrogen) atoms. The van der Waals surface area contributed by atoms with Gasteiger partial charge in [0.15, 0.2) is 0 Å². The van der Waals surface area contributed by atoms with Gasteiger partial charge in [-0.05, 0) is 18.4 Å². The first-order valence-corrected chi connectivity index (χ1v) is 6.11. The second kappa shape index (κ2) is 6.07. The minimum absolute atomic E-state index is 0.0896. The molecule has 0 spiro atoms. The molecule has 4 heteroatoms. The van der Waals surface area contributed by atoms with Gasteiger partial charge in [0.25, 0.3) is 6.43 Å². The molecule has 1 aliphatic heterocycles. The van der Waals surface area contributed by atoms with E-state index in [9.17, 15) is 8.78 Å². The largest absolute Gasteiger partial charge is 0.263 e. The molecule has 1 N–H and O–H groups in total. The minimum atomic E-state index is -2.38. The maximum atomic E-state index is 12.4. The lowest BCUT2D eigenvalue weighted by atomic mass is 10.1. The predicted octanol–water partition coefficient (Wildman–Crippen LogP) is 3.11. The van der Waals surface area contributed by atoms with Gasteiger partial charge in [-0.2, -0.15) is 0 Å². The Balaban J connectivity index is 1.82. The molecule has 1 fully saturated rings. The molecule has 1 aliphatic rings. The second-order valence-corrected chi connectivity index (χ2v) is 4.42. The summed E-state index contributed by atoms with van der Waals surface area (Å²) in [6.45, 7) is 2.87. The summed E-state index contributed by atoms with van der Waals surface area (Å²) < 4.78 is 24.7. The number of alkyl halides is 2. The van der Waals surface area contributed by atoms with Gasteiger partial charge in [0, 0.05) is 25.2 Å². The number of halogens is 2. The number of hydrogen-bond donors (Lipinski definition) is 1. The molecule has 0 saturated carbocycles. The van der Waals surface area contributed by atoms with E-state index in [0.29, 0.717) is 6.54 Å². The van der Waals surface area contributed by atoms with E-state index in [0.717, 1.165) is 18.7 Å². The Morgan fingerprint density at radius 3 is 2.29 bits per heavy atom. The Labute approximate surface area is 101 Å². The van der Waals surface area contributed by atoms with Gasteiger partial charge in [0.1, 0.15) is 0 Å². The van der Waals surface area contributed by atoms with Crippen LogP contribution in [0, 0.1) is 0 Å². The second-order valence-electron chi connectivity index (χ2n) is 4.42. The lowest BCUT2D eigenvalue weighted by Crippen LogP contribution is -2.41. The van der Waals surface area contributed by atoms with Gasteiger partial charge in [-0.25, -0.2) is 13.8 Å². The van der Waals surface area contributed by atoms with Crippen LogP contribution < -0.4 is 5.43 Å². The Morgan fingerprint density at radius 1 is 1.06 bits per heavy atom. The van der Waals surface area contributed by atoms with E-state index in [2.05, 4.69) is 10.4 Å². The molecule has 0 bridgehead atoms. The molecule has 1 heterocycles. The summed E-state index contributed by atoms with van der Waals surface area (Å²) in [6, 6.07) is 6.52. The summed E-state index contributed by atoms with van der Waals surface area (Å²) in [4.78, 5) is 0. The third-order valence-electron chi connectivity index (χ3n) is 3.09. The van der Waals surface area contributed by atoms with Crippen molar-refractivity contribution in [1.82, 2.24) is 10.4 Å². The molecular weight excluding hydrogens is 222 g/mol. The highest BCUT2D eigenvalue weighted by Gasteiger charge is 2.09. The number of hydrazine groups is 1. The highest BCUT2D eigenvalue weighted by atomic mass is 19.3. The van der Waals surface area contributed by atoms with E-state index in [-0.39, 0.29) is 5.56 Å². The monoisotopic (exact) mass is 240 g/mol. The molecule has 0 atom stereocenters. The molecule has 2 rings (SSSR count). The predicted molar refractivity (Wildman–Crippen MR) is 63.7 cm³/mol. The topological polar surface area (TPSA) is 15.3 Å². The van der Waals surface area contributed by atoms with Crippen molar-refractivity contribution in [2.24, 2.45) is 0 Å². The van der Waals surface area contributed by atoms with Gasteiger partial charge < -0.3 is 0 Å². The van der Waals surface area contributed by atoms with Crippen LogP contribution >= 0.6 is 0 Å². The summed E-state index contributed by atoms with van der Waals surface area (Å²) in [5.41, 5.74) is 4.46. The summed E-state index contributed by atoms with van der Waals surface area (Å²) in [7, 11) is 0. The van der Waals surface area contributed by atoms with E-state index in [1.807, 2.05) is 0 Å². The normalized spacial score (nSPS) is 17.6. The van der Waals surface area contributed by atoms with Crippen molar-refractivity contribution in [3.05, 3.63) is 35.4 Å². The number of hydrogen-bond acceptors (Lipinski definition) is 2. The number of nitrogens with one attached hydrogen (secondary N) is 1. The number of nitrogens with zero attached hydrogens (tertiary/aromatic N) is 1. The highest BCUT2D eigenvalue weighted by Crippen LogP contribution is 2.18.